The van der Waals surface area contributed by atoms with Crippen LogP contribution in [0.4, 0.5) is 0 Å². The van der Waals surface area contributed by atoms with E-state index in [2.05, 4.69) is 55.1 Å². The van der Waals surface area contributed by atoms with Gasteiger partial charge in [-0.3, -0.25) is 4.79 Å². The Labute approximate surface area is 144 Å². The molecule has 2 fully saturated rings. The molecule has 0 radical (unpaired) electrons. The van der Waals surface area contributed by atoms with Crippen molar-refractivity contribution >= 4 is 16.8 Å². The van der Waals surface area contributed by atoms with Crippen LogP contribution in [0.25, 0.3) is 10.9 Å². The fraction of sp³-hybridized carbons (Fsp3) is 0.571. The summed E-state index contributed by atoms with van der Waals surface area (Å²) >= 11 is 0. The number of likely N-dealkylation sites (tertiary alicyclic amines) is 1. The van der Waals surface area contributed by atoms with Crippen molar-refractivity contribution < 1.29 is 4.79 Å². The number of hydrogen-bond donors (Lipinski definition) is 1. The van der Waals surface area contributed by atoms with E-state index in [9.17, 15) is 4.79 Å². The molecule has 0 unspecified atom stereocenters. The molecular weight excluding hydrogens is 296 g/mol. The minimum atomic E-state index is 0.322. The van der Waals surface area contributed by atoms with Gasteiger partial charge in [0.2, 0.25) is 5.91 Å². The number of H-pyrrole nitrogens is 1. The molecule has 1 saturated carbocycles. The molecule has 2 heterocycles. The lowest BCUT2D eigenvalue weighted by Gasteiger charge is -2.39. The lowest BCUT2D eigenvalue weighted by Crippen LogP contribution is -2.37. The van der Waals surface area contributed by atoms with Gasteiger partial charge < -0.3 is 9.88 Å². The molecule has 1 aromatic carbocycles. The summed E-state index contributed by atoms with van der Waals surface area (Å²) in [5, 5.41) is 1.25. The van der Waals surface area contributed by atoms with E-state index in [1.807, 2.05) is 6.07 Å². The van der Waals surface area contributed by atoms with E-state index in [1.54, 1.807) is 0 Å². The van der Waals surface area contributed by atoms with Crippen molar-refractivity contribution in [3.05, 3.63) is 36.0 Å². The van der Waals surface area contributed by atoms with E-state index >= 15 is 0 Å². The topological polar surface area (TPSA) is 36.1 Å². The number of benzene rings is 1. The Hall–Kier alpha value is -1.77. The van der Waals surface area contributed by atoms with Crippen LogP contribution in [0.1, 0.15) is 52.0 Å². The smallest absolute Gasteiger partial charge is 0.223 e. The number of nitrogens with one attached hydrogen (secondary N) is 1. The lowest BCUT2D eigenvalue weighted by molar-refractivity contribution is -0.132. The molecule has 1 aromatic heterocycles. The van der Waals surface area contributed by atoms with Crippen LogP contribution in [-0.2, 0) is 11.2 Å². The Morgan fingerprint density at radius 2 is 2.04 bits per heavy atom. The summed E-state index contributed by atoms with van der Waals surface area (Å²) in [4.78, 5) is 18.4. The minimum Gasteiger partial charge on any atom is -0.361 e. The van der Waals surface area contributed by atoms with Gasteiger partial charge in [0.1, 0.15) is 0 Å². The predicted molar refractivity (Wildman–Crippen MR) is 97.9 cm³/mol. The summed E-state index contributed by atoms with van der Waals surface area (Å²) in [6.45, 7) is 8.04. The number of carbonyl (C=O) groups is 1. The fourth-order valence-corrected chi connectivity index (χ4v) is 5.48. The van der Waals surface area contributed by atoms with Crippen LogP contribution in [0, 0.1) is 10.8 Å². The van der Waals surface area contributed by atoms with Gasteiger partial charge in [-0.05, 0) is 48.1 Å². The first-order chi connectivity index (χ1) is 11.4. The van der Waals surface area contributed by atoms with Crippen LogP contribution < -0.4 is 0 Å². The lowest BCUT2D eigenvalue weighted by atomic mass is 9.65. The van der Waals surface area contributed by atoms with Gasteiger partial charge in [-0.25, -0.2) is 0 Å². The number of aromatic amines is 1. The SMILES string of the molecule is CC1(C)C[C@H]2C[C@](C)(CN2C(=O)CCc2c[nH]c3ccccc23)C1. The highest BCUT2D eigenvalue weighted by Crippen LogP contribution is 2.52. The summed E-state index contributed by atoms with van der Waals surface area (Å²) in [6.07, 6.45) is 7.09. The van der Waals surface area contributed by atoms with Gasteiger partial charge >= 0.3 is 0 Å². The molecule has 3 nitrogen and oxygen atoms in total. The quantitative estimate of drug-likeness (QED) is 0.885. The number of aryl methyl sites for hydroxylation is 1. The van der Waals surface area contributed by atoms with Crippen molar-refractivity contribution in [2.75, 3.05) is 6.54 Å². The predicted octanol–water partition coefficient (Wildman–Crippen LogP) is 4.53. The normalized spacial score (nSPS) is 28.5. The molecule has 2 aromatic rings. The molecule has 1 aliphatic heterocycles. The van der Waals surface area contributed by atoms with Crippen molar-refractivity contribution in [1.82, 2.24) is 9.88 Å². The molecule has 128 valence electrons. The van der Waals surface area contributed by atoms with Gasteiger partial charge in [-0.1, -0.05) is 39.0 Å². The van der Waals surface area contributed by atoms with Gasteiger partial charge in [-0.15, -0.1) is 0 Å². The second-order valence-electron chi connectivity index (χ2n) is 9.09. The molecule has 2 atom stereocenters. The molecule has 24 heavy (non-hydrogen) atoms. The zero-order valence-corrected chi connectivity index (χ0v) is 15.1. The molecule has 4 rings (SSSR count). The second-order valence-corrected chi connectivity index (χ2v) is 9.09. The van der Waals surface area contributed by atoms with Crippen LogP contribution in [-0.4, -0.2) is 28.4 Å². The molecule has 1 N–H and O–H groups in total. The summed E-state index contributed by atoms with van der Waals surface area (Å²) in [5.74, 6) is 0.340. The van der Waals surface area contributed by atoms with E-state index in [0.29, 0.717) is 29.2 Å². The highest BCUT2D eigenvalue weighted by Gasteiger charge is 2.50. The van der Waals surface area contributed by atoms with Crippen LogP contribution >= 0.6 is 0 Å². The van der Waals surface area contributed by atoms with E-state index in [4.69, 9.17) is 0 Å². The van der Waals surface area contributed by atoms with E-state index < -0.39 is 0 Å². The average Bonchev–Trinajstić information content (AvgIpc) is 3.02. The highest BCUT2D eigenvalue weighted by atomic mass is 16.2. The Morgan fingerprint density at radius 3 is 2.88 bits per heavy atom. The number of amides is 1. The maximum absolute atomic E-state index is 12.9. The van der Waals surface area contributed by atoms with E-state index in [1.165, 1.54) is 23.8 Å². The summed E-state index contributed by atoms with van der Waals surface area (Å²) in [6, 6.07) is 8.79. The van der Waals surface area contributed by atoms with Crippen molar-refractivity contribution in [3.63, 3.8) is 0 Å². The van der Waals surface area contributed by atoms with Crippen LogP contribution in [0.2, 0.25) is 0 Å². The largest absolute Gasteiger partial charge is 0.361 e. The monoisotopic (exact) mass is 324 g/mol. The highest BCUT2D eigenvalue weighted by molar-refractivity contribution is 5.84. The first-order valence-electron chi connectivity index (χ1n) is 9.20. The van der Waals surface area contributed by atoms with Gasteiger partial charge in [0, 0.05) is 36.1 Å². The second kappa shape index (κ2) is 5.37. The van der Waals surface area contributed by atoms with Crippen molar-refractivity contribution in [2.24, 2.45) is 10.8 Å². The zero-order chi connectivity index (χ0) is 16.9. The maximum atomic E-state index is 12.9. The molecule has 2 bridgehead atoms. The Morgan fingerprint density at radius 1 is 1.25 bits per heavy atom. The third-order valence-corrected chi connectivity index (χ3v) is 6.02. The number of nitrogens with zero attached hydrogens (tertiary/aromatic N) is 1. The van der Waals surface area contributed by atoms with Crippen LogP contribution in [0.15, 0.2) is 30.5 Å². The molecular formula is C21H28N2O. The number of carbonyl (C=O) groups excluding carboxylic acids is 1. The first-order valence-corrected chi connectivity index (χ1v) is 9.20. The van der Waals surface area contributed by atoms with Crippen molar-refractivity contribution in [1.29, 1.82) is 0 Å². The molecule has 3 heteroatoms. The zero-order valence-electron chi connectivity index (χ0n) is 15.1. The number of hydrogen-bond acceptors (Lipinski definition) is 1. The van der Waals surface area contributed by atoms with Gasteiger partial charge in [0.25, 0.3) is 0 Å². The average molecular weight is 324 g/mol. The fourth-order valence-electron chi connectivity index (χ4n) is 5.48. The minimum absolute atomic E-state index is 0.322. The summed E-state index contributed by atoms with van der Waals surface area (Å²) < 4.78 is 0. The Bertz CT molecular complexity index is 775. The first kappa shape index (κ1) is 15.7. The van der Waals surface area contributed by atoms with Gasteiger partial charge in [-0.2, -0.15) is 0 Å². The molecule has 0 spiro atoms. The third kappa shape index (κ3) is 2.74. The van der Waals surface area contributed by atoms with Crippen LogP contribution in [0.5, 0.6) is 0 Å². The molecule has 1 aliphatic carbocycles. The Balaban J connectivity index is 1.45. The van der Waals surface area contributed by atoms with E-state index in [-0.39, 0.29) is 0 Å². The number of fused-ring (bicyclic) bond motifs is 3. The molecule has 1 amide bonds. The van der Waals surface area contributed by atoms with Crippen LogP contribution in [0.3, 0.4) is 0 Å². The van der Waals surface area contributed by atoms with Gasteiger partial charge in [0.05, 0.1) is 0 Å². The van der Waals surface area contributed by atoms with Crippen molar-refractivity contribution in [2.45, 2.75) is 58.9 Å². The van der Waals surface area contributed by atoms with E-state index in [0.717, 1.165) is 24.9 Å². The van der Waals surface area contributed by atoms with Gasteiger partial charge in [0.15, 0.2) is 0 Å². The molecule has 1 saturated heterocycles. The Kier molecular flexibility index (Phi) is 3.52. The van der Waals surface area contributed by atoms with Crippen molar-refractivity contribution in [3.8, 4) is 0 Å². The molecule has 2 aliphatic rings. The number of aromatic nitrogens is 1. The summed E-state index contributed by atoms with van der Waals surface area (Å²) in [5.41, 5.74) is 3.10. The number of rotatable bonds is 3. The number of para-hydroxylation sites is 1. The maximum Gasteiger partial charge on any atom is 0.223 e. The summed E-state index contributed by atoms with van der Waals surface area (Å²) in [7, 11) is 0. The standard InChI is InChI=1S/C21H28N2O/c1-20(2)10-16-11-21(3,13-20)14-23(16)19(24)9-8-15-12-22-18-7-5-4-6-17(15)18/h4-7,12,16,22H,8-11,13-14H2,1-3H3/t16-,21-/m0/s1. The third-order valence-electron chi connectivity index (χ3n) is 6.02.